The molecule has 4 nitrogen and oxygen atoms in total. The number of ether oxygens (including phenoxy) is 1. The highest BCUT2D eigenvalue weighted by molar-refractivity contribution is 6.06. The van der Waals surface area contributed by atoms with E-state index in [2.05, 4.69) is 4.90 Å². The first-order chi connectivity index (χ1) is 16.3. The van der Waals surface area contributed by atoms with E-state index < -0.39 is 11.7 Å². The third-order valence-electron chi connectivity index (χ3n) is 6.18. The van der Waals surface area contributed by atoms with Crippen LogP contribution in [-0.4, -0.2) is 37.0 Å². The van der Waals surface area contributed by atoms with E-state index in [-0.39, 0.29) is 11.9 Å². The summed E-state index contributed by atoms with van der Waals surface area (Å²) < 4.78 is 43.8. The van der Waals surface area contributed by atoms with Crippen LogP contribution in [0.1, 0.15) is 34.3 Å². The number of nitrogens with zero attached hydrogens (tertiary/aromatic N) is 2. The predicted octanol–water partition coefficient (Wildman–Crippen LogP) is 6.03. The Morgan fingerprint density at radius 2 is 1.65 bits per heavy atom. The lowest BCUT2D eigenvalue weighted by molar-refractivity contribution is -0.137. The molecule has 7 heteroatoms. The van der Waals surface area contributed by atoms with Gasteiger partial charge in [0.15, 0.2) is 0 Å². The molecule has 3 aromatic carbocycles. The number of benzene rings is 3. The zero-order chi connectivity index (χ0) is 24.1. The molecule has 1 amide bonds. The number of likely N-dealkylation sites (tertiary alicyclic amines) is 1. The Hall–Kier alpha value is -3.32. The van der Waals surface area contributed by atoms with E-state index in [0.717, 1.165) is 49.3 Å². The minimum absolute atomic E-state index is 0.00340. The molecule has 1 saturated heterocycles. The lowest BCUT2D eigenvalue weighted by Gasteiger charge is -2.38. The molecule has 1 aliphatic heterocycles. The average molecular weight is 469 g/mol. The molecule has 1 heterocycles. The van der Waals surface area contributed by atoms with Crippen LogP contribution < -0.4 is 9.64 Å². The number of anilines is 1. The largest absolute Gasteiger partial charge is 0.497 e. The van der Waals surface area contributed by atoms with E-state index in [1.807, 2.05) is 59.5 Å². The van der Waals surface area contributed by atoms with Gasteiger partial charge in [0.2, 0.25) is 0 Å². The predicted molar refractivity (Wildman–Crippen MR) is 126 cm³/mol. The smallest absolute Gasteiger partial charge is 0.416 e. The van der Waals surface area contributed by atoms with Gasteiger partial charge in [-0.15, -0.1) is 0 Å². The Kier molecular flexibility index (Phi) is 7.22. The summed E-state index contributed by atoms with van der Waals surface area (Å²) in [6.45, 7) is 2.07. The number of alkyl halides is 3. The van der Waals surface area contributed by atoms with Gasteiger partial charge in [0.25, 0.3) is 5.91 Å². The summed E-state index contributed by atoms with van der Waals surface area (Å²) >= 11 is 0. The SMILES string of the molecule is COc1cccc(N(C(=O)c2ccccc2)C2CCN(Cc3ccc(C(F)(F)F)cc3)CC2)c1. The number of carbonyl (C=O) groups excluding carboxylic acids is 1. The van der Waals surface area contributed by atoms with Crippen LogP contribution in [0.3, 0.4) is 0 Å². The molecule has 34 heavy (non-hydrogen) atoms. The normalized spacial score (nSPS) is 15.2. The molecule has 1 aliphatic rings. The number of carbonyl (C=O) groups is 1. The molecule has 0 spiro atoms. The van der Waals surface area contributed by atoms with E-state index in [1.54, 1.807) is 7.11 Å². The van der Waals surface area contributed by atoms with Gasteiger partial charge < -0.3 is 9.64 Å². The van der Waals surface area contributed by atoms with Crippen LogP contribution in [0.4, 0.5) is 18.9 Å². The Morgan fingerprint density at radius 3 is 2.26 bits per heavy atom. The topological polar surface area (TPSA) is 32.8 Å². The van der Waals surface area contributed by atoms with E-state index >= 15 is 0 Å². The maximum absolute atomic E-state index is 13.5. The number of methoxy groups -OCH3 is 1. The van der Waals surface area contributed by atoms with Crippen LogP contribution in [0.2, 0.25) is 0 Å². The van der Waals surface area contributed by atoms with Gasteiger partial charge >= 0.3 is 6.18 Å². The minimum atomic E-state index is -4.33. The minimum Gasteiger partial charge on any atom is -0.497 e. The summed E-state index contributed by atoms with van der Waals surface area (Å²) in [6, 6.07) is 22.1. The summed E-state index contributed by atoms with van der Waals surface area (Å²) in [5.41, 5.74) is 1.62. The Bertz CT molecular complexity index is 1090. The van der Waals surface area contributed by atoms with Gasteiger partial charge in [0.1, 0.15) is 5.75 Å². The van der Waals surface area contributed by atoms with Crippen LogP contribution in [0.25, 0.3) is 0 Å². The van der Waals surface area contributed by atoms with Gasteiger partial charge in [-0.2, -0.15) is 13.2 Å². The molecule has 1 fully saturated rings. The van der Waals surface area contributed by atoms with Crippen LogP contribution in [0.5, 0.6) is 5.75 Å². The van der Waals surface area contributed by atoms with Crippen LogP contribution >= 0.6 is 0 Å². The van der Waals surface area contributed by atoms with Gasteiger partial charge in [-0.25, -0.2) is 0 Å². The molecule has 178 valence electrons. The first-order valence-corrected chi connectivity index (χ1v) is 11.3. The summed E-state index contributed by atoms with van der Waals surface area (Å²) in [5.74, 6) is 0.623. The second-order valence-corrected chi connectivity index (χ2v) is 8.44. The van der Waals surface area contributed by atoms with Gasteiger partial charge in [-0.1, -0.05) is 36.4 Å². The van der Waals surface area contributed by atoms with Crippen molar-refractivity contribution in [2.24, 2.45) is 0 Å². The molecule has 0 saturated carbocycles. The van der Waals surface area contributed by atoms with Crippen molar-refractivity contribution in [3.8, 4) is 5.75 Å². The quantitative estimate of drug-likeness (QED) is 0.443. The lowest BCUT2D eigenvalue weighted by Crippen LogP contribution is -2.47. The highest BCUT2D eigenvalue weighted by Crippen LogP contribution is 2.31. The van der Waals surface area contributed by atoms with E-state index in [9.17, 15) is 18.0 Å². The highest BCUT2D eigenvalue weighted by atomic mass is 19.4. The molecule has 0 unspecified atom stereocenters. The molecule has 0 aliphatic carbocycles. The average Bonchev–Trinajstić information content (AvgIpc) is 2.85. The zero-order valence-corrected chi connectivity index (χ0v) is 19.0. The summed E-state index contributed by atoms with van der Waals surface area (Å²) in [6.07, 6.45) is -2.81. The summed E-state index contributed by atoms with van der Waals surface area (Å²) in [7, 11) is 1.60. The van der Waals surface area contributed by atoms with Crippen molar-refractivity contribution >= 4 is 11.6 Å². The Labute approximate surface area is 197 Å². The summed E-state index contributed by atoms with van der Waals surface area (Å²) in [4.78, 5) is 17.6. The van der Waals surface area contributed by atoms with Gasteiger partial charge in [0.05, 0.1) is 12.7 Å². The number of hydrogen-bond donors (Lipinski definition) is 0. The van der Waals surface area contributed by atoms with E-state index in [1.165, 1.54) is 12.1 Å². The fourth-order valence-electron chi connectivity index (χ4n) is 4.37. The second kappa shape index (κ2) is 10.3. The van der Waals surface area contributed by atoms with Crippen molar-refractivity contribution in [2.45, 2.75) is 31.6 Å². The highest BCUT2D eigenvalue weighted by Gasteiger charge is 2.31. The van der Waals surface area contributed by atoms with E-state index in [4.69, 9.17) is 4.74 Å². The van der Waals surface area contributed by atoms with E-state index in [0.29, 0.717) is 17.9 Å². The van der Waals surface area contributed by atoms with Crippen molar-refractivity contribution in [3.05, 3.63) is 95.6 Å². The Morgan fingerprint density at radius 1 is 0.971 bits per heavy atom. The van der Waals surface area contributed by atoms with Gasteiger partial charge in [-0.3, -0.25) is 9.69 Å². The molecule has 0 atom stereocenters. The lowest BCUT2D eigenvalue weighted by atomic mass is 10.00. The standard InChI is InChI=1S/C27H27F3N2O2/c1-34-25-9-5-8-24(18-25)32(26(33)21-6-3-2-4-7-21)23-14-16-31(17-15-23)19-20-10-12-22(13-11-20)27(28,29)30/h2-13,18,23H,14-17,19H2,1H3. The molecular formula is C27H27F3N2O2. The van der Waals surface area contributed by atoms with Crippen molar-refractivity contribution in [3.63, 3.8) is 0 Å². The van der Waals surface area contributed by atoms with Crippen molar-refractivity contribution in [2.75, 3.05) is 25.1 Å². The molecule has 0 radical (unpaired) electrons. The fourth-order valence-corrected chi connectivity index (χ4v) is 4.37. The van der Waals surface area contributed by atoms with Gasteiger partial charge in [0, 0.05) is 43.0 Å². The van der Waals surface area contributed by atoms with Crippen LogP contribution in [0, 0.1) is 0 Å². The fraction of sp³-hybridized carbons (Fsp3) is 0.296. The maximum Gasteiger partial charge on any atom is 0.416 e. The molecule has 4 rings (SSSR count). The molecular weight excluding hydrogens is 441 g/mol. The monoisotopic (exact) mass is 468 g/mol. The van der Waals surface area contributed by atoms with Crippen molar-refractivity contribution in [1.29, 1.82) is 0 Å². The second-order valence-electron chi connectivity index (χ2n) is 8.44. The van der Waals surface area contributed by atoms with Gasteiger partial charge in [-0.05, 0) is 54.8 Å². The third-order valence-corrected chi connectivity index (χ3v) is 6.18. The van der Waals surface area contributed by atoms with Crippen LogP contribution in [0.15, 0.2) is 78.9 Å². The first-order valence-electron chi connectivity index (χ1n) is 11.3. The molecule has 3 aromatic rings. The van der Waals surface area contributed by atoms with Crippen molar-refractivity contribution < 1.29 is 22.7 Å². The zero-order valence-electron chi connectivity index (χ0n) is 19.0. The molecule has 0 bridgehead atoms. The number of piperidine rings is 1. The molecule has 0 N–H and O–H groups in total. The number of halogens is 3. The summed E-state index contributed by atoms with van der Waals surface area (Å²) in [5, 5.41) is 0. The number of hydrogen-bond acceptors (Lipinski definition) is 3. The Balaban J connectivity index is 1.48. The number of rotatable bonds is 6. The molecule has 0 aromatic heterocycles. The maximum atomic E-state index is 13.5. The van der Waals surface area contributed by atoms with Crippen molar-refractivity contribution in [1.82, 2.24) is 4.90 Å². The van der Waals surface area contributed by atoms with Crippen LogP contribution in [-0.2, 0) is 12.7 Å². The first kappa shape index (κ1) is 23.8. The third kappa shape index (κ3) is 5.59. The number of amides is 1.